The Hall–Kier alpha value is -3.08. The van der Waals surface area contributed by atoms with Crippen molar-refractivity contribution in [2.75, 3.05) is 6.54 Å². The highest BCUT2D eigenvalue weighted by atomic mass is 16.6. The van der Waals surface area contributed by atoms with E-state index in [-0.39, 0.29) is 18.7 Å². The number of amides is 1. The SMILES string of the molecule is O=C(OCc1ccccc1)N1CCCC1c1ncc(-c2ccccc2)[nH]1. The van der Waals surface area contributed by atoms with E-state index in [4.69, 9.17) is 4.74 Å². The Morgan fingerprint density at radius 2 is 1.85 bits per heavy atom. The van der Waals surface area contributed by atoms with Gasteiger partial charge in [-0.2, -0.15) is 0 Å². The van der Waals surface area contributed by atoms with Crippen LogP contribution in [0.25, 0.3) is 11.3 Å². The Kier molecular flexibility index (Phi) is 4.69. The number of aromatic amines is 1. The lowest BCUT2D eigenvalue weighted by atomic mass is 10.2. The van der Waals surface area contributed by atoms with Crippen molar-refractivity contribution in [3.63, 3.8) is 0 Å². The molecule has 0 spiro atoms. The maximum atomic E-state index is 12.5. The molecule has 1 saturated heterocycles. The second kappa shape index (κ2) is 7.44. The van der Waals surface area contributed by atoms with E-state index in [0.29, 0.717) is 6.54 Å². The van der Waals surface area contributed by atoms with Gasteiger partial charge in [0.15, 0.2) is 0 Å². The average Bonchev–Trinajstić information content (AvgIpc) is 3.37. The summed E-state index contributed by atoms with van der Waals surface area (Å²) in [4.78, 5) is 22.2. The van der Waals surface area contributed by atoms with Gasteiger partial charge in [-0.1, -0.05) is 60.7 Å². The predicted molar refractivity (Wildman–Crippen MR) is 99.3 cm³/mol. The molecular weight excluding hydrogens is 326 g/mol. The Morgan fingerprint density at radius 1 is 1.12 bits per heavy atom. The van der Waals surface area contributed by atoms with Gasteiger partial charge in [-0.05, 0) is 24.0 Å². The number of hydrogen-bond donors (Lipinski definition) is 1. The number of likely N-dealkylation sites (tertiary alicyclic amines) is 1. The Bertz CT molecular complexity index is 861. The number of benzene rings is 2. The van der Waals surface area contributed by atoms with Gasteiger partial charge in [0.05, 0.1) is 17.9 Å². The van der Waals surface area contributed by atoms with Crippen molar-refractivity contribution >= 4 is 6.09 Å². The molecule has 1 unspecified atom stereocenters. The molecule has 0 bridgehead atoms. The van der Waals surface area contributed by atoms with Crippen molar-refractivity contribution in [3.8, 4) is 11.3 Å². The minimum atomic E-state index is -0.283. The third kappa shape index (κ3) is 3.47. The van der Waals surface area contributed by atoms with Crippen LogP contribution in [0.5, 0.6) is 0 Å². The molecule has 1 N–H and O–H groups in total. The highest BCUT2D eigenvalue weighted by Gasteiger charge is 2.33. The van der Waals surface area contributed by atoms with Crippen LogP contribution in [-0.2, 0) is 11.3 Å². The minimum Gasteiger partial charge on any atom is -0.445 e. The number of nitrogens with one attached hydrogen (secondary N) is 1. The molecule has 1 aliphatic rings. The van der Waals surface area contributed by atoms with Crippen molar-refractivity contribution < 1.29 is 9.53 Å². The van der Waals surface area contributed by atoms with Crippen LogP contribution in [0, 0.1) is 0 Å². The number of carbonyl (C=O) groups excluding carboxylic acids is 1. The summed E-state index contributed by atoms with van der Waals surface area (Å²) in [5, 5.41) is 0. The van der Waals surface area contributed by atoms with Crippen molar-refractivity contribution in [3.05, 3.63) is 78.2 Å². The topological polar surface area (TPSA) is 58.2 Å². The molecule has 26 heavy (non-hydrogen) atoms. The van der Waals surface area contributed by atoms with E-state index in [1.54, 1.807) is 4.90 Å². The molecular formula is C21H21N3O2. The molecule has 5 heteroatoms. The molecule has 1 aliphatic heterocycles. The zero-order chi connectivity index (χ0) is 17.8. The van der Waals surface area contributed by atoms with Gasteiger partial charge in [0.2, 0.25) is 0 Å². The smallest absolute Gasteiger partial charge is 0.410 e. The maximum absolute atomic E-state index is 12.5. The van der Waals surface area contributed by atoms with Crippen LogP contribution >= 0.6 is 0 Å². The normalized spacial score (nSPS) is 16.6. The molecule has 0 radical (unpaired) electrons. The fourth-order valence-electron chi connectivity index (χ4n) is 3.34. The molecule has 4 rings (SSSR count). The average molecular weight is 347 g/mol. The third-order valence-corrected chi connectivity index (χ3v) is 4.69. The van der Waals surface area contributed by atoms with E-state index >= 15 is 0 Å². The predicted octanol–water partition coefficient (Wildman–Crippen LogP) is 4.55. The molecule has 5 nitrogen and oxygen atoms in total. The highest BCUT2D eigenvalue weighted by Crippen LogP contribution is 2.32. The third-order valence-electron chi connectivity index (χ3n) is 4.69. The van der Waals surface area contributed by atoms with E-state index in [9.17, 15) is 4.79 Å². The molecule has 2 aromatic carbocycles. The number of H-pyrrole nitrogens is 1. The largest absolute Gasteiger partial charge is 0.445 e. The first-order chi connectivity index (χ1) is 12.8. The van der Waals surface area contributed by atoms with E-state index in [2.05, 4.69) is 9.97 Å². The molecule has 0 saturated carbocycles. The summed E-state index contributed by atoms with van der Waals surface area (Å²) in [6.07, 6.45) is 3.39. The minimum absolute atomic E-state index is 0.0595. The zero-order valence-electron chi connectivity index (χ0n) is 14.5. The lowest BCUT2D eigenvalue weighted by molar-refractivity contribution is 0.0910. The van der Waals surface area contributed by atoms with Crippen LogP contribution in [0.3, 0.4) is 0 Å². The molecule has 1 fully saturated rings. The van der Waals surface area contributed by atoms with E-state index in [1.807, 2.05) is 66.9 Å². The maximum Gasteiger partial charge on any atom is 0.410 e. The number of hydrogen-bond acceptors (Lipinski definition) is 3. The van der Waals surface area contributed by atoms with Crippen molar-refractivity contribution in [2.45, 2.75) is 25.5 Å². The first-order valence-corrected chi connectivity index (χ1v) is 8.89. The Balaban J connectivity index is 1.45. The van der Waals surface area contributed by atoms with Crippen molar-refractivity contribution in [1.82, 2.24) is 14.9 Å². The van der Waals surface area contributed by atoms with E-state index in [1.165, 1.54) is 0 Å². The van der Waals surface area contributed by atoms with Gasteiger partial charge >= 0.3 is 6.09 Å². The monoisotopic (exact) mass is 347 g/mol. The summed E-state index contributed by atoms with van der Waals surface area (Å²) in [6, 6.07) is 19.7. The van der Waals surface area contributed by atoms with Crippen LogP contribution < -0.4 is 0 Å². The Labute approximate surface area is 152 Å². The van der Waals surface area contributed by atoms with Crippen molar-refractivity contribution in [2.24, 2.45) is 0 Å². The number of nitrogens with zero attached hydrogens (tertiary/aromatic N) is 2. The van der Waals surface area contributed by atoms with Crippen molar-refractivity contribution in [1.29, 1.82) is 0 Å². The molecule has 0 aliphatic carbocycles. The van der Waals surface area contributed by atoms with Gasteiger partial charge in [0.1, 0.15) is 12.4 Å². The van der Waals surface area contributed by atoms with Crippen LogP contribution in [0.4, 0.5) is 4.79 Å². The lowest BCUT2D eigenvalue weighted by Gasteiger charge is -2.22. The van der Waals surface area contributed by atoms with Crippen LogP contribution in [0.1, 0.15) is 30.3 Å². The first-order valence-electron chi connectivity index (χ1n) is 8.89. The summed E-state index contributed by atoms with van der Waals surface area (Å²) in [7, 11) is 0. The summed E-state index contributed by atoms with van der Waals surface area (Å²) in [6.45, 7) is 0.982. The van der Waals surface area contributed by atoms with Gasteiger partial charge in [-0.3, -0.25) is 4.90 Å². The fourth-order valence-corrected chi connectivity index (χ4v) is 3.34. The zero-order valence-corrected chi connectivity index (χ0v) is 14.5. The number of carbonyl (C=O) groups is 1. The van der Waals surface area contributed by atoms with E-state index < -0.39 is 0 Å². The first kappa shape index (κ1) is 16.4. The number of imidazole rings is 1. The molecule has 3 aromatic rings. The summed E-state index contributed by atoms with van der Waals surface area (Å²) >= 11 is 0. The lowest BCUT2D eigenvalue weighted by Crippen LogP contribution is -2.31. The number of aromatic nitrogens is 2. The van der Waals surface area contributed by atoms with Crippen LogP contribution in [-0.4, -0.2) is 27.5 Å². The number of rotatable bonds is 4. The van der Waals surface area contributed by atoms with Gasteiger partial charge in [-0.15, -0.1) is 0 Å². The second-order valence-corrected chi connectivity index (χ2v) is 6.44. The summed E-state index contributed by atoms with van der Waals surface area (Å²) in [5.74, 6) is 0.818. The molecule has 2 heterocycles. The quantitative estimate of drug-likeness (QED) is 0.753. The second-order valence-electron chi connectivity index (χ2n) is 6.44. The standard InChI is InChI=1S/C21H21N3O2/c25-21(26-15-16-8-3-1-4-9-16)24-13-7-12-19(24)20-22-14-18(23-20)17-10-5-2-6-11-17/h1-6,8-11,14,19H,7,12-13,15H2,(H,22,23). The van der Waals surface area contributed by atoms with Gasteiger partial charge < -0.3 is 9.72 Å². The molecule has 132 valence electrons. The summed E-state index contributed by atoms with van der Waals surface area (Å²) < 4.78 is 5.50. The molecule has 1 aromatic heterocycles. The van der Waals surface area contributed by atoms with Gasteiger partial charge in [0, 0.05) is 6.54 Å². The fraction of sp³-hybridized carbons (Fsp3) is 0.238. The highest BCUT2D eigenvalue weighted by molar-refractivity contribution is 5.68. The van der Waals surface area contributed by atoms with Crippen LogP contribution in [0.2, 0.25) is 0 Å². The van der Waals surface area contributed by atoms with Gasteiger partial charge in [-0.25, -0.2) is 9.78 Å². The van der Waals surface area contributed by atoms with Crippen LogP contribution in [0.15, 0.2) is 66.9 Å². The van der Waals surface area contributed by atoms with E-state index in [0.717, 1.165) is 35.5 Å². The summed E-state index contributed by atoms with van der Waals surface area (Å²) in [5.41, 5.74) is 3.04. The number of ether oxygens (including phenoxy) is 1. The molecule has 1 atom stereocenters. The Morgan fingerprint density at radius 3 is 2.62 bits per heavy atom. The van der Waals surface area contributed by atoms with Gasteiger partial charge in [0.25, 0.3) is 0 Å². The molecule has 1 amide bonds.